The van der Waals surface area contributed by atoms with Crippen molar-refractivity contribution in [2.24, 2.45) is 13.0 Å². The van der Waals surface area contributed by atoms with E-state index in [1.54, 1.807) is 34.7 Å². The monoisotopic (exact) mass is 359 g/mol. The molecule has 0 fully saturated rings. The van der Waals surface area contributed by atoms with Crippen molar-refractivity contribution in [2.45, 2.75) is 37.6 Å². The number of benzene rings is 1. The molecule has 1 aromatic carbocycles. The molecule has 0 atom stereocenters. The van der Waals surface area contributed by atoms with Crippen LogP contribution in [-0.4, -0.2) is 14.5 Å². The Morgan fingerprint density at radius 1 is 1.25 bits per heavy atom. The molecule has 4 nitrogen and oxygen atoms in total. The van der Waals surface area contributed by atoms with E-state index in [0.29, 0.717) is 11.3 Å². The standard InChI is InChI=1S/C18H21N3OS2/c1-12(2)8-9-16-19-13(10-23-16)11-24-18-20-15-7-5-4-6-14(15)17(22)21(18)3/h4-7,10,12H,8-9,11H2,1-3H3. The van der Waals surface area contributed by atoms with Crippen LogP contribution < -0.4 is 5.56 Å². The number of para-hydroxylation sites is 1. The normalized spacial score (nSPS) is 11.5. The number of thioether (sulfide) groups is 1. The molecule has 0 amide bonds. The number of thiazole rings is 1. The lowest BCUT2D eigenvalue weighted by Crippen LogP contribution is -2.19. The van der Waals surface area contributed by atoms with Crippen LogP contribution in [0.15, 0.2) is 39.6 Å². The van der Waals surface area contributed by atoms with Gasteiger partial charge in [-0.1, -0.05) is 37.7 Å². The minimum atomic E-state index is -0.000926. The van der Waals surface area contributed by atoms with Crippen LogP contribution in [0.1, 0.15) is 31.0 Å². The van der Waals surface area contributed by atoms with Crippen molar-refractivity contribution in [2.75, 3.05) is 0 Å². The lowest BCUT2D eigenvalue weighted by Gasteiger charge is -2.07. The number of hydrogen-bond acceptors (Lipinski definition) is 5. The fourth-order valence-electron chi connectivity index (χ4n) is 2.41. The van der Waals surface area contributed by atoms with E-state index in [4.69, 9.17) is 4.98 Å². The SMILES string of the molecule is CC(C)CCc1nc(CSc2nc3ccccc3c(=O)n2C)cs1. The molecule has 2 heterocycles. The molecule has 0 spiro atoms. The molecule has 24 heavy (non-hydrogen) atoms. The molecule has 126 valence electrons. The van der Waals surface area contributed by atoms with Gasteiger partial charge in [-0.3, -0.25) is 9.36 Å². The highest BCUT2D eigenvalue weighted by molar-refractivity contribution is 7.98. The molecule has 0 unspecified atom stereocenters. The Labute approximate surface area is 150 Å². The summed E-state index contributed by atoms with van der Waals surface area (Å²) in [6.07, 6.45) is 2.21. The minimum Gasteiger partial charge on any atom is -0.290 e. The maximum Gasteiger partial charge on any atom is 0.261 e. The van der Waals surface area contributed by atoms with Gasteiger partial charge in [-0.25, -0.2) is 9.97 Å². The second-order valence-corrected chi connectivity index (χ2v) is 8.11. The fourth-order valence-corrected chi connectivity index (χ4v) is 4.19. The first kappa shape index (κ1) is 17.2. The van der Waals surface area contributed by atoms with Gasteiger partial charge in [0.2, 0.25) is 0 Å². The molecule has 3 rings (SSSR count). The maximum atomic E-state index is 12.4. The van der Waals surface area contributed by atoms with Crippen LogP contribution in [0, 0.1) is 5.92 Å². The van der Waals surface area contributed by atoms with Crippen LogP contribution in [0.25, 0.3) is 10.9 Å². The lowest BCUT2D eigenvalue weighted by molar-refractivity contribution is 0.585. The highest BCUT2D eigenvalue weighted by Crippen LogP contribution is 2.23. The molecule has 2 aromatic heterocycles. The van der Waals surface area contributed by atoms with Crippen molar-refractivity contribution in [3.8, 4) is 0 Å². The smallest absolute Gasteiger partial charge is 0.261 e. The van der Waals surface area contributed by atoms with E-state index in [2.05, 4.69) is 24.2 Å². The largest absolute Gasteiger partial charge is 0.290 e. The van der Waals surface area contributed by atoms with Crippen molar-refractivity contribution in [1.29, 1.82) is 0 Å². The zero-order chi connectivity index (χ0) is 17.1. The summed E-state index contributed by atoms with van der Waals surface area (Å²) in [5.41, 5.74) is 1.81. The summed E-state index contributed by atoms with van der Waals surface area (Å²) in [5.74, 6) is 1.43. The topological polar surface area (TPSA) is 47.8 Å². The highest BCUT2D eigenvalue weighted by atomic mass is 32.2. The molecule has 0 aliphatic rings. The van der Waals surface area contributed by atoms with Crippen LogP contribution in [0.2, 0.25) is 0 Å². The second kappa shape index (κ2) is 7.49. The summed E-state index contributed by atoms with van der Waals surface area (Å²) in [6, 6.07) is 7.48. The van der Waals surface area contributed by atoms with Gasteiger partial charge in [-0.05, 0) is 30.9 Å². The molecule has 0 saturated carbocycles. The van der Waals surface area contributed by atoms with E-state index >= 15 is 0 Å². The Kier molecular flexibility index (Phi) is 5.36. The number of fused-ring (bicyclic) bond motifs is 1. The van der Waals surface area contributed by atoms with E-state index < -0.39 is 0 Å². The van der Waals surface area contributed by atoms with Crippen molar-refractivity contribution < 1.29 is 0 Å². The van der Waals surface area contributed by atoms with Gasteiger partial charge in [-0.15, -0.1) is 11.3 Å². The molecular formula is C18H21N3OS2. The van der Waals surface area contributed by atoms with Crippen LogP contribution >= 0.6 is 23.1 Å². The summed E-state index contributed by atoms with van der Waals surface area (Å²) in [5, 5.41) is 4.70. The molecule has 0 aliphatic heterocycles. The molecule has 0 saturated heterocycles. The summed E-state index contributed by atoms with van der Waals surface area (Å²) >= 11 is 3.29. The Balaban J connectivity index is 1.74. The number of rotatable bonds is 6. The van der Waals surface area contributed by atoms with Gasteiger partial charge >= 0.3 is 0 Å². The predicted octanol–water partition coefficient (Wildman–Crippen LogP) is 4.27. The molecule has 6 heteroatoms. The summed E-state index contributed by atoms with van der Waals surface area (Å²) in [7, 11) is 1.78. The Hall–Kier alpha value is -1.66. The van der Waals surface area contributed by atoms with E-state index in [1.807, 2.05) is 24.3 Å². The summed E-state index contributed by atoms with van der Waals surface area (Å²) in [4.78, 5) is 21.7. The molecule has 0 aliphatic carbocycles. The Bertz CT molecular complexity index is 899. The van der Waals surface area contributed by atoms with E-state index in [0.717, 1.165) is 28.5 Å². The summed E-state index contributed by atoms with van der Waals surface area (Å²) < 4.78 is 1.62. The third kappa shape index (κ3) is 3.87. The van der Waals surface area contributed by atoms with E-state index in [-0.39, 0.29) is 5.56 Å². The van der Waals surface area contributed by atoms with Gasteiger partial charge in [0.15, 0.2) is 5.16 Å². The maximum absolute atomic E-state index is 12.4. The van der Waals surface area contributed by atoms with Gasteiger partial charge in [0.25, 0.3) is 5.56 Å². The fraction of sp³-hybridized carbons (Fsp3) is 0.389. The number of aromatic nitrogens is 3. The molecule has 0 bridgehead atoms. The van der Waals surface area contributed by atoms with Crippen molar-refractivity contribution >= 4 is 34.0 Å². The first-order chi connectivity index (χ1) is 11.5. The molecule has 0 radical (unpaired) electrons. The Morgan fingerprint density at radius 3 is 2.83 bits per heavy atom. The van der Waals surface area contributed by atoms with Crippen molar-refractivity contribution in [3.05, 3.63) is 50.7 Å². The van der Waals surface area contributed by atoms with Crippen molar-refractivity contribution in [1.82, 2.24) is 14.5 Å². The van der Waals surface area contributed by atoms with E-state index in [1.165, 1.54) is 11.4 Å². The van der Waals surface area contributed by atoms with Crippen LogP contribution in [0.4, 0.5) is 0 Å². The number of nitrogens with zero attached hydrogens (tertiary/aromatic N) is 3. The first-order valence-electron chi connectivity index (χ1n) is 8.06. The van der Waals surface area contributed by atoms with Gasteiger partial charge in [0.05, 0.1) is 21.6 Å². The number of aryl methyl sites for hydroxylation is 1. The predicted molar refractivity (Wildman–Crippen MR) is 102 cm³/mol. The van der Waals surface area contributed by atoms with Gasteiger partial charge in [0, 0.05) is 18.2 Å². The zero-order valence-corrected chi connectivity index (χ0v) is 15.8. The number of hydrogen-bond donors (Lipinski definition) is 0. The van der Waals surface area contributed by atoms with Crippen LogP contribution in [-0.2, 0) is 19.2 Å². The summed E-state index contributed by atoms with van der Waals surface area (Å²) in [6.45, 7) is 4.46. The molecular weight excluding hydrogens is 338 g/mol. The van der Waals surface area contributed by atoms with Gasteiger partial charge in [-0.2, -0.15) is 0 Å². The van der Waals surface area contributed by atoms with Gasteiger partial charge in [0.1, 0.15) is 0 Å². The van der Waals surface area contributed by atoms with Gasteiger partial charge < -0.3 is 0 Å². The average Bonchev–Trinajstić information content (AvgIpc) is 3.03. The second-order valence-electron chi connectivity index (χ2n) is 6.23. The van der Waals surface area contributed by atoms with Crippen LogP contribution in [0.3, 0.4) is 0 Å². The van der Waals surface area contributed by atoms with Crippen molar-refractivity contribution in [3.63, 3.8) is 0 Å². The average molecular weight is 360 g/mol. The van der Waals surface area contributed by atoms with E-state index in [9.17, 15) is 4.79 Å². The van der Waals surface area contributed by atoms with Crippen LogP contribution in [0.5, 0.6) is 0 Å². The zero-order valence-electron chi connectivity index (χ0n) is 14.2. The quantitative estimate of drug-likeness (QED) is 0.487. The molecule has 0 N–H and O–H groups in total. The third-order valence-electron chi connectivity index (χ3n) is 3.83. The highest BCUT2D eigenvalue weighted by Gasteiger charge is 2.10. The lowest BCUT2D eigenvalue weighted by atomic mass is 10.1. The first-order valence-corrected chi connectivity index (χ1v) is 9.93. The Morgan fingerprint density at radius 2 is 2.04 bits per heavy atom. The third-order valence-corrected chi connectivity index (χ3v) is 5.85. The molecule has 3 aromatic rings. The minimum absolute atomic E-state index is 0.000926.